The Bertz CT molecular complexity index is 638. The maximum absolute atomic E-state index is 11.6. The summed E-state index contributed by atoms with van der Waals surface area (Å²) in [5.41, 5.74) is 2.03. The molecule has 1 aliphatic rings. The van der Waals surface area contributed by atoms with Crippen molar-refractivity contribution in [3.8, 4) is 0 Å². The number of anilines is 1. The molecule has 0 bridgehead atoms. The monoisotopic (exact) mass is 270 g/mol. The van der Waals surface area contributed by atoms with E-state index in [2.05, 4.69) is 19.9 Å². The molecule has 5 heteroatoms. The summed E-state index contributed by atoms with van der Waals surface area (Å²) >= 11 is 0. The SMILES string of the molecule is Cc1cc(=O)cc([C@H]2CCCN(c3cnccn3)C2)[nH]1. The fourth-order valence-corrected chi connectivity index (χ4v) is 2.82. The lowest BCUT2D eigenvalue weighted by Gasteiger charge is -2.33. The number of H-pyrrole nitrogens is 1. The van der Waals surface area contributed by atoms with Gasteiger partial charge in [0.2, 0.25) is 0 Å². The second-order valence-electron chi connectivity index (χ2n) is 5.30. The smallest absolute Gasteiger partial charge is 0.182 e. The lowest BCUT2D eigenvalue weighted by atomic mass is 9.94. The summed E-state index contributed by atoms with van der Waals surface area (Å²) in [6.45, 7) is 3.79. The maximum Gasteiger partial charge on any atom is 0.182 e. The van der Waals surface area contributed by atoms with Crippen LogP contribution >= 0.6 is 0 Å². The first kappa shape index (κ1) is 12.8. The fraction of sp³-hybridized carbons (Fsp3) is 0.400. The molecule has 1 aliphatic heterocycles. The predicted octanol–water partition coefficient (Wildman–Crippen LogP) is 1.86. The predicted molar refractivity (Wildman–Crippen MR) is 78.0 cm³/mol. The number of rotatable bonds is 2. The van der Waals surface area contributed by atoms with Crippen LogP contribution in [0.2, 0.25) is 0 Å². The molecule has 0 aliphatic carbocycles. The largest absolute Gasteiger partial charge is 0.362 e. The van der Waals surface area contributed by atoms with Gasteiger partial charge in [-0.3, -0.25) is 9.78 Å². The van der Waals surface area contributed by atoms with Crippen molar-refractivity contribution in [1.82, 2.24) is 15.0 Å². The minimum absolute atomic E-state index is 0.0767. The normalized spacial score (nSPS) is 19.1. The van der Waals surface area contributed by atoms with Gasteiger partial charge in [-0.1, -0.05) is 0 Å². The van der Waals surface area contributed by atoms with E-state index in [0.717, 1.165) is 43.1 Å². The molecule has 1 saturated heterocycles. The molecule has 3 heterocycles. The second-order valence-corrected chi connectivity index (χ2v) is 5.30. The van der Waals surface area contributed by atoms with Gasteiger partial charge in [-0.2, -0.15) is 0 Å². The van der Waals surface area contributed by atoms with Crippen molar-refractivity contribution in [2.45, 2.75) is 25.7 Å². The van der Waals surface area contributed by atoms with E-state index >= 15 is 0 Å². The van der Waals surface area contributed by atoms with Crippen molar-refractivity contribution < 1.29 is 0 Å². The van der Waals surface area contributed by atoms with Crippen molar-refractivity contribution in [3.05, 3.63) is 52.3 Å². The molecule has 0 unspecified atom stereocenters. The quantitative estimate of drug-likeness (QED) is 0.904. The molecule has 1 atom stereocenters. The van der Waals surface area contributed by atoms with E-state index in [-0.39, 0.29) is 5.43 Å². The second kappa shape index (κ2) is 5.45. The Morgan fingerprint density at radius 1 is 1.35 bits per heavy atom. The molecule has 2 aromatic rings. The van der Waals surface area contributed by atoms with Crippen LogP contribution in [0.25, 0.3) is 0 Å². The van der Waals surface area contributed by atoms with Crippen LogP contribution in [0.5, 0.6) is 0 Å². The number of hydrogen-bond acceptors (Lipinski definition) is 4. The van der Waals surface area contributed by atoms with E-state index < -0.39 is 0 Å². The maximum atomic E-state index is 11.6. The highest BCUT2D eigenvalue weighted by atomic mass is 16.1. The highest BCUT2D eigenvalue weighted by Gasteiger charge is 2.23. The molecule has 1 N–H and O–H groups in total. The van der Waals surface area contributed by atoms with Crippen molar-refractivity contribution in [3.63, 3.8) is 0 Å². The van der Waals surface area contributed by atoms with Gasteiger partial charge in [0.1, 0.15) is 5.82 Å². The average Bonchev–Trinajstić information content (AvgIpc) is 2.47. The average molecular weight is 270 g/mol. The zero-order valence-corrected chi connectivity index (χ0v) is 11.5. The van der Waals surface area contributed by atoms with Gasteiger partial charge in [-0.25, -0.2) is 4.98 Å². The summed E-state index contributed by atoms with van der Waals surface area (Å²) in [6, 6.07) is 3.35. The Labute approximate surface area is 117 Å². The number of aryl methyl sites for hydroxylation is 1. The molecule has 104 valence electrons. The zero-order valence-electron chi connectivity index (χ0n) is 11.5. The summed E-state index contributed by atoms with van der Waals surface area (Å²) in [4.78, 5) is 25.7. The van der Waals surface area contributed by atoms with E-state index in [9.17, 15) is 4.79 Å². The van der Waals surface area contributed by atoms with E-state index in [1.807, 2.05) is 6.92 Å². The molecule has 1 fully saturated rings. The number of pyridine rings is 1. The van der Waals surface area contributed by atoms with Gasteiger partial charge in [-0.05, 0) is 19.8 Å². The van der Waals surface area contributed by atoms with Crippen LogP contribution in [0, 0.1) is 6.92 Å². The van der Waals surface area contributed by atoms with E-state index in [0.29, 0.717) is 5.92 Å². The van der Waals surface area contributed by atoms with Crippen LogP contribution in [-0.2, 0) is 0 Å². The molecular weight excluding hydrogens is 252 g/mol. The van der Waals surface area contributed by atoms with Gasteiger partial charge in [0.05, 0.1) is 6.20 Å². The molecule has 0 saturated carbocycles. The molecule has 20 heavy (non-hydrogen) atoms. The van der Waals surface area contributed by atoms with E-state index in [1.54, 1.807) is 30.7 Å². The minimum atomic E-state index is 0.0767. The topological polar surface area (TPSA) is 61.9 Å². The Kier molecular flexibility index (Phi) is 3.50. The van der Waals surface area contributed by atoms with E-state index in [1.165, 1.54) is 0 Å². The van der Waals surface area contributed by atoms with Gasteiger partial charge < -0.3 is 9.88 Å². The molecule has 0 spiro atoms. The highest BCUT2D eigenvalue weighted by molar-refractivity contribution is 5.37. The third kappa shape index (κ3) is 2.71. The fourth-order valence-electron chi connectivity index (χ4n) is 2.82. The van der Waals surface area contributed by atoms with Crippen LogP contribution in [-0.4, -0.2) is 28.0 Å². The van der Waals surface area contributed by atoms with Crippen LogP contribution in [0.3, 0.4) is 0 Å². The van der Waals surface area contributed by atoms with Crippen molar-refractivity contribution in [2.75, 3.05) is 18.0 Å². The van der Waals surface area contributed by atoms with Crippen LogP contribution < -0.4 is 10.3 Å². The summed E-state index contributed by atoms with van der Waals surface area (Å²) in [6.07, 6.45) is 7.38. The number of aromatic amines is 1. The third-order valence-electron chi connectivity index (χ3n) is 3.73. The standard InChI is InChI=1S/C15H18N4O/c1-11-7-13(20)8-14(18-11)12-3-2-6-19(10-12)15-9-16-4-5-17-15/h4-5,7-9,12H,2-3,6,10H2,1H3,(H,18,20)/t12-/m0/s1. The van der Waals surface area contributed by atoms with Crippen LogP contribution in [0.4, 0.5) is 5.82 Å². The highest BCUT2D eigenvalue weighted by Crippen LogP contribution is 2.27. The molecule has 0 radical (unpaired) electrons. The molecule has 3 rings (SSSR count). The minimum Gasteiger partial charge on any atom is -0.362 e. The lowest BCUT2D eigenvalue weighted by Crippen LogP contribution is -2.35. The number of nitrogens with zero attached hydrogens (tertiary/aromatic N) is 3. The first-order valence-electron chi connectivity index (χ1n) is 6.94. The Morgan fingerprint density at radius 2 is 2.25 bits per heavy atom. The van der Waals surface area contributed by atoms with Crippen molar-refractivity contribution >= 4 is 5.82 Å². The van der Waals surface area contributed by atoms with Crippen LogP contribution in [0.1, 0.15) is 30.1 Å². The summed E-state index contributed by atoms with van der Waals surface area (Å²) in [5, 5.41) is 0. The van der Waals surface area contributed by atoms with Gasteiger partial charge in [0.15, 0.2) is 5.43 Å². The van der Waals surface area contributed by atoms with Gasteiger partial charge in [-0.15, -0.1) is 0 Å². The summed E-state index contributed by atoms with van der Waals surface area (Å²) < 4.78 is 0. The van der Waals surface area contributed by atoms with E-state index in [4.69, 9.17) is 0 Å². The molecule has 0 amide bonds. The van der Waals surface area contributed by atoms with Gasteiger partial charge in [0.25, 0.3) is 0 Å². The third-order valence-corrected chi connectivity index (χ3v) is 3.73. The first-order valence-corrected chi connectivity index (χ1v) is 6.94. The molecule has 2 aromatic heterocycles. The number of aromatic nitrogens is 3. The molecular formula is C15H18N4O. The Hall–Kier alpha value is -2.17. The van der Waals surface area contributed by atoms with Gasteiger partial charge in [0, 0.05) is 54.9 Å². The summed E-state index contributed by atoms with van der Waals surface area (Å²) in [5.74, 6) is 1.26. The first-order chi connectivity index (χ1) is 9.72. The zero-order chi connectivity index (χ0) is 13.9. The number of hydrogen-bond donors (Lipinski definition) is 1. The van der Waals surface area contributed by atoms with Crippen LogP contribution in [0.15, 0.2) is 35.5 Å². The summed E-state index contributed by atoms with van der Waals surface area (Å²) in [7, 11) is 0. The molecule has 0 aromatic carbocycles. The lowest BCUT2D eigenvalue weighted by molar-refractivity contribution is 0.497. The number of nitrogens with one attached hydrogen (secondary N) is 1. The Morgan fingerprint density at radius 3 is 3.00 bits per heavy atom. The van der Waals surface area contributed by atoms with Crippen molar-refractivity contribution in [1.29, 1.82) is 0 Å². The van der Waals surface area contributed by atoms with Crippen molar-refractivity contribution in [2.24, 2.45) is 0 Å². The number of piperidine rings is 1. The Balaban J connectivity index is 1.83. The van der Waals surface area contributed by atoms with Gasteiger partial charge >= 0.3 is 0 Å². The molecule has 5 nitrogen and oxygen atoms in total.